The van der Waals surface area contributed by atoms with Gasteiger partial charge in [0.1, 0.15) is 0 Å². The molecule has 2 aromatic rings. The summed E-state index contributed by atoms with van der Waals surface area (Å²) < 4.78 is 0. The Morgan fingerprint density at radius 3 is 2.65 bits per heavy atom. The summed E-state index contributed by atoms with van der Waals surface area (Å²) in [5.74, 6) is 0. The minimum atomic E-state index is -0.574. The van der Waals surface area contributed by atoms with Crippen LogP contribution in [0.15, 0.2) is 30.6 Å². The van der Waals surface area contributed by atoms with E-state index in [-0.39, 0.29) is 5.69 Å². The molecule has 1 aromatic heterocycles. The van der Waals surface area contributed by atoms with Crippen molar-refractivity contribution in [3.8, 4) is 0 Å². The van der Waals surface area contributed by atoms with Gasteiger partial charge in [0, 0.05) is 29.5 Å². The lowest BCUT2D eigenvalue weighted by atomic mass is 9.97. The first-order chi connectivity index (χ1) is 9.33. The number of hydrogen-bond acceptors (Lipinski definition) is 5. The molecular formula is C14H17N3O3. The zero-order chi connectivity index (χ0) is 14.9. The summed E-state index contributed by atoms with van der Waals surface area (Å²) >= 11 is 0. The molecule has 0 radical (unpaired) electrons. The van der Waals surface area contributed by atoms with Crippen LogP contribution in [0.4, 0.5) is 11.4 Å². The summed E-state index contributed by atoms with van der Waals surface area (Å²) in [6.07, 6.45) is 2.50. The van der Waals surface area contributed by atoms with Crippen LogP contribution in [-0.4, -0.2) is 26.7 Å². The lowest BCUT2D eigenvalue weighted by Gasteiger charge is -2.31. The number of anilines is 1. The fourth-order valence-corrected chi connectivity index (χ4v) is 1.90. The van der Waals surface area contributed by atoms with Crippen molar-refractivity contribution in [3.05, 3.63) is 40.7 Å². The Kier molecular flexibility index (Phi) is 3.59. The van der Waals surface area contributed by atoms with Gasteiger partial charge in [-0.1, -0.05) is 0 Å². The Morgan fingerprint density at radius 1 is 1.35 bits per heavy atom. The van der Waals surface area contributed by atoms with Crippen molar-refractivity contribution < 1.29 is 10.0 Å². The Labute approximate surface area is 116 Å². The van der Waals surface area contributed by atoms with Gasteiger partial charge in [0.2, 0.25) is 0 Å². The highest BCUT2D eigenvalue weighted by Crippen LogP contribution is 2.32. The molecule has 0 saturated carbocycles. The standard InChI is InChI=1S/C14H17N3O3/c1-9(18)14(2,3)16-12-4-5-13(17(19)20)11-8-15-7-6-10(11)12/h4-9,16,18H,1-3H3. The molecule has 1 heterocycles. The molecule has 2 N–H and O–H groups in total. The third-order valence-electron chi connectivity index (χ3n) is 3.49. The second-order valence-corrected chi connectivity index (χ2v) is 5.33. The normalized spacial score (nSPS) is 13.2. The molecule has 0 spiro atoms. The van der Waals surface area contributed by atoms with E-state index < -0.39 is 16.6 Å². The Morgan fingerprint density at radius 2 is 2.05 bits per heavy atom. The second-order valence-electron chi connectivity index (χ2n) is 5.33. The third-order valence-corrected chi connectivity index (χ3v) is 3.49. The fourth-order valence-electron chi connectivity index (χ4n) is 1.90. The Balaban J connectivity index is 2.57. The molecule has 6 heteroatoms. The summed E-state index contributed by atoms with van der Waals surface area (Å²) in [4.78, 5) is 14.6. The number of rotatable bonds is 4. The topological polar surface area (TPSA) is 88.3 Å². The first-order valence-corrected chi connectivity index (χ1v) is 6.30. The zero-order valence-electron chi connectivity index (χ0n) is 11.6. The molecule has 0 amide bonds. The van der Waals surface area contributed by atoms with Gasteiger partial charge in [-0.15, -0.1) is 0 Å². The van der Waals surface area contributed by atoms with Gasteiger partial charge in [0.15, 0.2) is 0 Å². The number of aliphatic hydroxyl groups is 1. The van der Waals surface area contributed by atoms with Crippen molar-refractivity contribution in [2.75, 3.05) is 5.32 Å². The van der Waals surface area contributed by atoms with Crippen LogP contribution in [0, 0.1) is 10.1 Å². The molecule has 6 nitrogen and oxygen atoms in total. The summed E-state index contributed by atoms with van der Waals surface area (Å²) in [5.41, 5.74) is 0.208. The van der Waals surface area contributed by atoms with Crippen molar-refractivity contribution >= 4 is 22.1 Å². The van der Waals surface area contributed by atoms with Crippen molar-refractivity contribution in [1.82, 2.24) is 4.98 Å². The molecule has 0 aliphatic heterocycles. The number of pyridine rings is 1. The largest absolute Gasteiger partial charge is 0.391 e. The number of nitro groups is 1. The SMILES string of the molecule is CC(O)C(C)(C)Nc1ccc([N+](=O)[O-])c2cnccc12. The number of hydrogen-bond donors (Lipinski definition) is 2. The lowest BCUT2D eigenvalue weighted by Crippen LogP contribution is -2.41. The molecule has 0 fully saturated rings. The number of fused-ring (bicyclic) bond motifs is 1. The van der Waals surface area contributed by atoms with E-state index in [9.17, 15) is 15.2 Å². The van der Waals surface area contributed by atoms with E-state index >= 15 is 0 Å². The molecule has 2 rings (SSSR count). The van der Waals surface area contributed by atoms with Crippen molar-refractivity contribution in [2.45, 2.75) is 32.4 Å². The summed E-state index contributed by atoms with van der Waals surface area (Å²) in [6.45, 7) is 5.43. The first kappa shape index (κ1) is 14.2. The van der Waals surface area contributed by atoms with Crippen molar-refractivity contribution in [3.63, 3.8) is 0 Å². The highest BCUT2D eigenvalue weighted by Gasteiger charge is 2.25. The number of aromatic nitrogens is 1. The van der Waals surface area contributed by atoms with Crippen LogP contribution in [-0.2, 0) is 0 Å². The molecular weight excluding hydrogens is 258 g/mol. The van der Waals surface area contributed by atoms with Crippen LogP contribution in [0.5, 0.6) is 0 Å². The Bertz CT molecular complexity index is 653. The van der Waals surface area contributed by atoms with Crippen molar-refractivity contribution in [2.24, 2.45) is 0 Å². The van der Waals surface area contributed by atoms with Crippen molar-refractivity contribution in [1.29, 1.82) is 0 Å². The summed E-state index contributed by atoms with van der Waals surface area (Å²) in [5, 5.41) is 25.2. The van der Waals surface area contributed by atoms with Gasteiger partial charge in [0.25, 0.3) is 5.69 Å². The van der Waals surface area contributed by atoms with E-state index in [0.29, 0.717) is 10.8 Å². The molecule has 0 aliphatic rings. The maximum atomic E-state index is 11.0. The second kappa shape index (κ2) is 5.05. The van der Waals surface area contributed by atoms with Gasteiger partial charge in [-0.2, -0.15) is 0 Å². The third kappa shape index (κ3) is 2.55. The van der Waals surface area contributed by atoms with E-state index in [0.717, 1.165) is 5.69 Å². The maximum absolute atomic E-state index is 11.0. The smallest absolute Gasteiger partial charge is 0.278 e. The van der Waals surface area contributed by atoms with Crippen LogP contribution in [0.25, 0.3) is 10.8 Å². The van der Waals surface area contributed by atoms with Crippen LogP contribution >= 0.6 is 0 Å². The summed E-state index contributed by atoms with van der Waals surface area (Å²) in [7, 11) is 0. The number of aliphatic hydroxyl groups excluding tert-OH is 1. The molecule has 20 heavy (non-hydrogen) atoms. The van der Waals surface area contributed by atoms with Crippen LogP contribution in [0.3, 0.4) is 0 Å². The lowest BCUT2D eigenvalue weighted by molar-refractivity contribution is -0.383. The number of nitrogens with zero attached hydrogens (tertiary/aromatic N) is 2. The molecule has 106 valence electrons. The Hall–Kier alpha value is -2.21. The minimum absolute atomic E-state index is 0.0218. The van der Waals surface area contributed by atoms with Crippen LogP contribution in [0.1, 0.15) is 20.8 Å². The summed E-state index contributed by atoms with van der Waals surface area (Å²) in [6, 6.07) is 4.83. The van der Waals surface area contributed by atoms with E-state index in [4.69, 9.17) is 0 Å². The van der Waals surface area contributed by atoms with Crippen LogP contribution in [0.2, 0.25) is 0 Å². The number of nitro benzene ring substituents is 1. The molecule has 0 aliphatic carbocycles. The molecule has 1 unspecified atom stereocenters. The average molecular weight is 275 g/mol. The highest BCUT2D eigenvalue weighted by molar-refractivity contribution is 5.99. The van der Waals surface area contributed by atoms with E-state index in [1.807, 2.05) is 13.8 Å². The van der Waals surface area contributed by atoms with Gasteiger partial charge in [-0.25, -0.2) is 0 Å². The van der Waals surface area contributed by atoms with E-state index in [1.165, 1.54) is 12.3 Å². The predicted octanol–water partition coefficient (Wildman–Crippen LogP) is 2.71. The van der Waals surface area contributed by atoms with E-state index in [1.54, 1.807) is 25.3 Å². The van der Waals surface area contributed by atoms with Gasteiger partial charge < -0.3 is 10.4 Å². The number of non-ortho nitro benzene ring substituents is 1. The van der Waals surface area contributed by atoms with Crippen LogP contribution < -0.4 is 5.32 Å². The molecule has 0 bridgehead atoms. The number of nitrogens with one attached hydrogen (secondary N) is 1. The molecule has 0 saturated heterocycles. The molecule has 1 atom stereocenters. The quantitative estimate of drug-likeness (QED) is 0.661. The highest BCUT2D eigenvalue weighted by atomic mass is 16.6. The maximum Gasteiger partial charge on any atom is 0.278 e. The number of benzene rings is 1. The monoisotopic (exact) mass is 275 g/mol. The molecule has 1 aromatic carbocycles. The fraction of sp³-hybridized carbons (Fsp3) is 0.357. The first-order valence-electron chi connectivity index (χ1n) is 6.30. The van der Waals surface area contributed by atoms with E-state index in [2.05, 4.69) is 10.3 Å². The predicted molar refractivity (Wildman–Crippen MR) is 77.8 cm³/mol. The zero-order valence-corrected chi connectivity index (χ0v) is 11.6. The van der Waals surface area contributed by atoms with Gasteiger partial charge in [0.05, 0.1) is 22.0 Å². The van der Waals surface area contributed by atoms with Gasteiger partial charge in [-0.05, 0) is 32.9 Å². The average Bonchev–Trinajstić information content (AvgIpc) is 2.38. The minimum Gasteiger partial charge on any atom is -0.391 e. The van der Waals surface area contributed by atoms with Gasteiger partial charge in [-0.3, -0.25) is 15.1 Å². The van der Waals surface area contributed by atoms with Gasteiger partial charge >= 0.3 is 0 Å².